The molecule has 5 rings (SSSR count). The molecule has 2 N–H and O–H groups in total. The quantitative estimate of drug-likeness (QED) is 0.850. The van der Waals surface area contributed by atoms with Gasteiger partial charge in [0, 0.05) is 30.9 Å². The molecule has 3 saturated heterocycles. The molecule has 0 saturated carbocycles. The summed E-state index contributed by atoms with van der Waals surface area (Å²) in [5.74, 6) is 0.405. The summed E-state index contributed by atoms with van der Waals surface area (Å²) in [5.41, 5.74) is 1.74. The van der Waals surface area contributed by atoms with Crippen LogP contribution < -0.4 is 10.6 Å². The van der Waals surface area contributed by atoms with E-state index in [0.717, 1.165) is 29.2 Å². The van der Waals surface area contributed by atoms with Crippen LogP contribution in [0.4, 0.5) is 5.69 Å². The molecule has 7 heteroatoms. The van der Waals surface area contributed by atoms with E-state index in [4.69, 9.17) is 0 Å². The molecule has 2 bridgehead atoms. The van der Waals surface area contributed by atoms with Crippen LogP contribution in [0.1, 0.15) is 36.5 Å². The zero-order chi connectivity index (χ0) is 19.0. The predicted molar refractivity (Wildman–Crippen MR) is 107 cm³/mol. The number of aromatic nitrogens is 1. The fourth-order valence-electron chi connectivity index (χ4n) is 4.19. The Balaban J connectivity index is 1.44. The third-order valence-corrected chi connectivity index (χ3v) is 6.71. The van der Waals surface area contributed by atoms with Crippen LogP contribution in [0.3, 0.4) is 0 Å². The number of nitrogens with one attached hydrogen (secondary N) is 2. The molecule has 0 radical (unpaired) electrons. The monoisotopic (exact) mass is 384 g/mol. The molecule has 1 aromatic heterocycles. The van der Waals surface area contributed by atoms with Gasteiger partial charge in [-0.15, -0.1) is 11.3 Å². The second kappa shape index (κ2) is 7.40. The van der Waals surface area contributed by atoms with Gasteiger partial charge in [-0.3, -0.25) is 14.5 Å². The molecule has 0 unspecified atom stereocenters. The van der Waals surface area contributed by atoms with Crippen molar-refractivity contribution >= 4 is 28.8 Å². The third kappa shape index (κ3) is 3.75. The lowest BCUT2D eigenvalue weighted by Crippen LogP contribution is -2.62. The lowest BCUT2D eigenvalue weighted by molar-refractivity contribution is -0.114. The molecule has 2 aromatic rings. The molecule has 3 aliphatic heterocycles. The van der Waals surface area contributed by atoms with Gasteiger partial charge in [-0.05, 0) is 56.5 Å². The summed E-state index contributed by atoms with van der Waals surface area (Å²) in [5, 5.41) is 6.48. The number of fused-ring (bicyclic) bond motifs is 3. The number of nitrogens with zero attached hydrogens (tertiary/aromatic N) is 2. The van der Waals surface area contributed by atoms with E-state index in [-0.39, 0.29) is 17.9 Å². The highest BCUT2D eigenvalue weighted by atomic mass is 32.1. The number of carbonyl (C=O) groups is 2. The number of hydrogen-bond donors (Lipinski definition) is 2. The van der Waals surface area contributed by atoms with E-state index in [0.29, 0.717) is 17.0 Å². The number of anilines is 1. The fraction of sp³-hybridized carbons (Fsp3) is 0.450. The minimum Gasteiger partial charge on any atom is -0.345 e. The molecule has 3 aliphatic rings. The average Bonchev–Trinajstić information content (AvgIpc) is 3.15. The number of amides is 2. The van der Waals surface area contributed by atoms with Gasteiger partial charge in [0.05, 0.1) is 4.88 Å². The predicted octanol–water partition coefficient (Wildman–Crippen LogP) is 2.98. The van der Waals surface area contributed by atoms with E-state index in [1.165, 1.54) is 31.1 Å². The molecular formula is C20H24N4O2S. The maximum absolute atomic E-state index is 12.7. The first kappa shape index (κ1) is 18.1. The fourth-order valence-corrected chi connectivity index (χ4v) is 5.02. The lowest BCUT2D eigenvalue weighted by atomic mass is 9.79. The molecular weight excluding hydrogens is 360 g/mol. The Hall–Kier alpha value is -2.25. The molecule has 4 heterocycles. The van der Waals surface area contributed by atoms with Crippen LogP contribution in [0.25, 0.3) is 10.4 Å². The van der Waals surface area contributed by atoms with E-state index < -0.39 is 0 Å². The Bertz CT molecular complexity index is 838. The standard InChI is InChI=1S/C20H24N4O2S/c1-12-18(15-7-9-24(12)10-8-15)23-19(26)20-21-11-17(27-20)14-3-5-16(6-4-14)22-13(2)25/h3-6,11-12,15,18H,7-10H2,1-2H3,(H,22,25)(H,23,26)/t12-,18-/m0/s1. The Labute approximate surface area is 163 Å². The van der Waals surface area contributed by atoms with Gasteiger partial charge >= 0.3 is 0 Å². The second-order valence-electron chi connectivity index (χ2n) is 7.40. The highest BCUT2D eigenvalue weighted by Gasteiger charge is 2.40. The summed E-state index contributed by atoms with van der Waals surface area (Å²) in [7, 11) is 0. The average molecular weight is 385 g/mol. The minimum absolute atomic E-state index is 0.0771. The highest BCUT2D eigenvalue weighted by Crippen LogP contribution is 2.33. The van der Waals surface area contributed by atoms with Gasteiger partial charge in [0.15, 0.2) is 5.01 Å². The van der Waals surface area contributed by atoms with E-state index in [2.05, 4.69) is 27.4 Å². The van der Waals surface area contributed by atoms with Crippen molar-refractivity contribution in [3.63, 3.8) is 0 Å². The van der Waals surface area contributed by atoms with E-state index in [9.17, 15) is 9.59 Å². The van der Waals surface area contributed by atoms with Crippen LogP contribution in [0.2, 0.25) is 0 Å². The van der Waals surface area contributed by atoms with E-state index >= 15 is 0 Å². The van der Waals surface area contributed by atoms with Crippen molar-refractivity contribution in [2.24, 2.45) is 5.92 Å². The summed E-state index contributed by atoms with van der Waals surface area (Å²) in [6, 6.07) is 8.16. The molecule has 6 nitrogen and oxygen atoms in total. The maximum Gasteiger partial charge on any atom is 0.280 e. The van der Waals surface area contributed by atoms with E-state index in [1.54, 1.807) is 6.20 Å². The molecule has 0 spiro atoms. The zero-order valence-corrected chi connectivity index (χ0v) is 16.4. The Morgan fingerprint density at radius 2 is 1.89 bits per heavy atom. The Kier molecular flexibility index (Phi) is 4.97. The summed E-state index contributed by atoms with van der Waals surface area (Å²) >= 11 is 1.40. The summed E-state index contributed by atoms with van der Waals surface area (Å²) in [6.45, 7) is 5.99. The van der Waals surface area contributed by atoms with Gasteiger partial charge in [-0.2, -0.15) is 0 Å². The van der Waals surface area contributed by atoms with Crippen molar-refractivity contribution in [2.45, 2.75) is 38.8 Å². The van der Waals surface area contributed by atoms with E-state index in [1.807, 2.05) is 24.3 Å². The number of benzene rings is 1. The molecule has 2 amide bonds. The van der Waals surface area contributed by atoms with Crippen LogP contribution in [-0.4, -0.2) is 46.9 Å². The highest BCUT2D eigenvalue weighted by molar-refractivity contribution is 7.17. The molecule has 27 heavy (non-hydrogen) atoms. The minimum atomic E-state index is -0.0959. The zero-order valence-electron chi connectivity index (χ0n) is 15.6. The van der Waals surface area contributed by atoms with Crippen LogP contribution in [0.5, 0.6) is 0 Å². The first-order valence-corrected chi connectivity index (χ1v) is 10.2. The first-order valence-electron chi connectivity index (χ1n) is 9.40. The van der Waals surface area contributed by atoms with Gasteiger partial charge in [0.2, 0.25) is 5.91 Å². The number of carbonyl (C=O) groups excluding carboxylic acids is 2. The SMILES string of the molecule is CC(=O)Nc1ccc(-c2cnc(C(=O)N[C@@H]3C4CCN(CC4)[C@H]3C)s2)cc1. The molecule has 1 aromatic carbocycles. The van der Waals surface area contributed by atoms with Crippen molar-refractivity contribution in [3.8, 4) is 10.4 Å². The van der Waals surface area contributed by atoms with Crippen molar-refractivity contribution < 1.29 is 9.59 Å². The Morgan fingerprint density at radius 1 is 1.19 bits per heavy atom. The summed E-state index contributed by atoms with van der Waals surface area (Å²) in [4.78, 5) is 31.6. The smallest absolute Gasteiger partial charge is 0.280 e. The molecule has 142 valence electrons. The molecule has 3 fully saturated rings. The van der Waals surface area contributed by atoms with Crippen molar-refractivity contribution in [3.05, 3.63) is 35.5 Å². The second-order valence-corrected chi connectivity index (χ2v) is 8.43. The van der Waals surface area contributed by atoms with Crippen LogP contribution in [0.15, 0.2) is 30.5 Å². The molecule has 0 aliphatic carbocycles. The van der Waals surface area contributed by atoms with Crippen molar-refractivity contribution in [2.75, 3.05) is 18.4 Å². The first-order chi connectivity index (χ1) is 13.0. The van der Waals surface area contributed by atoms with Gasteiger partial charge in [-0.25, -0.2) is 4.98 Å². The van der Waals surface area contributed by atoms with Gasteiger partial charge in [0.1, 0.15) is 0 Å². The number of piperidine rings is 3. The van der Waals surface area contributed by atoms with Gasteiger partial charge in [-0.1, -0.05) is 12.1 Å². The topological polar surface area (TPSA) is 74.3 Å². The van der Waals surface area contributed by atoms with Gasteiger partial charge in [0.25, 0.3) is 5.91 Å². The van der Waals surface area contributed by atoms with Crippen molar-refractivity contribution in [1.29, 1.82) is 0 Å². The number of rotatable bonds is 4. The lowest BCUT2D eigenvalue weighted by Gasteiger charge is -2.49. The van der Waals surface area contributed by atoms with Crippen LogP contribution in [-0.2, 0) is 4.79 Å². The normalized spacial score (nSPS) is 26.6. The largest absolute Gasteiger partial charge is 0.345 e. The van der Waals surface area contributed by atoms with Crippen LogP contribution in [0, 0.1) is 5.92 Å². The van der Waals surface area contributed by atoms with Gasteiger partial charge < -0.3 is 10.6 Å². The van der Waals surface area contributed by atoms with Crippen molar-refractivity contribution in [1.82, 2.24) is 15.2 Å². The molecule has 2 atom stereocenters. The number of thiazole rings is 1. The number of hydrogen-bond acceptors (Lipinski definition) is 5. The van der Waals surface area contributed by atoms with Crippen LogP contribution >= 0.6 is 11.3 Å². The maximum atomic E-state index is 12.7. The summed E-state index contributed by atoms with van der Waals surface area (Å²) < 4.78 is 0. The Morgan fingerprint density at radius 3 is 2.52 bits per heavy atom. The summed E-state index contributed by atoms with van der Waals surface area (Å²) in [6.07, 6.45) is 4.07. The third-order valence-electron chi connectivity index (χ3n) is 5.67.